The topological polar surface area (TPSA) is 37.9 Å². The minimum absolute atomic E-state index is 0.616. The maximum atomic E-state index is 5.70. The lowest BCUT2D eigenvalue weighted by Crippen LogP contribution is -2.02. The lowest BCUT2D eigenvalue weighted by atomic mass is 10.1. The maximum absolute atomic E-state index is 5.70. The molecule has 3 heteroatoms. The summed E-state index contributed by atoms with van der Waals surface area (Å²) in [6.45, 7) is 2.67. The molecule has 106 valence electrons. The number of nitrogens with zero attached hydrogens (tertiary/aromatic N) is 1. The molecule has 1 heterocycles. The SMILES string of the molecule is Cc1[nH]c(CCOc2ccccc2)nc1-c1ccccc1. The van der Waals surface area contributed by atoms with Crippen LogP contribution in [0.2, 0.25) is 0 Å². The summed E-state index contributed by atoms with van der Waals surface area (Å²) in [5.74, 6) is 1.85. The third-order valence-corrected chi connectivity index (χ3v) is 3.33. The molecule has 1 N–H and O–H groups in total. The average molecular weight is 278 g/mol. The second-order valence-electron chi connectivity index (χ2n) is 4.93. The smallest absolute Gasteiger partial charge is 0.119 e. The Bertz CT molecular complexity index is 690. The second-order valence-corrected chi connectivity index (χ2v) is 4.93. The van der Waals surface area contributed by atoms with Gasteiger partial charge in [-0.05, 0) is 19.1 Å². The molecule has 0 aliphatic heterocycles. The van der Waals surface area contributed by atoms with Gasteiger partial charge in [0, 0.05) is 17.7 Å². The molecular weight excluding hydrogens is 260 g/mol. The van der Waals surface area contributed by atoms with E-state index in [9.17, 15) is 0 Å². The number of aromatic amines is 1. The highest BCUT2D eigenvalue weighted by Crippen LogP contribution is 2.20. The van der Waals surface area contributed by atoms with Gasteiger partial charge < -0.3 is 9.72 Å². The van der Waals surface area contributed by atoms with Gasteiger partial charge >= 0.3 is 0 Å². The van der Waals surface area contributed by atoms with Crippen molar-refractivity contribution >= 4 is 0 Å². The van der Waals surface area contributed by atoms with Crippen molar-refractivity contribution in [2.24, 2.45) is 0 Å². The Morgan fingerprint density at radius 1 is 0.952 bits per heavy atom. The van der Waals surface area contributed by atoms with Crippen LogP contribution >= 0.6 is 0 Å². The molecular formula is C18H18N2O. The zero-order valence-electron chi connectivity index (χ0n) is 12.0. The number of H-pyrrole nitrogens is 1. The van der Waals surface area contributed by atoms with Crippen LogP contribution in [0.5, 0.6) is 5.75 Å². The van der Waals surface area contributed by atoms with Crippen LogP contribution in [0, 0.1) is 6.92 Å². The predicted molar refractivity (Wildman–Crippen MR) is 84.4 cm³/mol. The first-order chi connectivity index (χ1) is 10.3. The van der Waals surface area contributed by atoms with E-state index in [0.29, 0.717) is 6.61 Å². The summed E-state index contributed by atoms with van der Waals surface area (Å²) >= 11 is 0. The van der Waals surface area contributed by atoms with Gasteiger partial charge in [-0.15, -0.1) is 0 Å². The molecule has 0 amide bonds. The van der Waals surface area contributed by atoms with Crippen molar-refractivity contribution < 1.29 is 4.74 Å². The Labute approximate surface area is 124 Å². The summed E-state index contributed by atoms with van der Waals surface area (Å²) in [6, 6.07) is 20.1. The summed E-state index contributed by atoms with van der Waals surface area (Å²) in [5.41, 5.74) is 3.25. The van der Waals surface area contributed by atoms with E-state index in [1.54, 1.807) is 0 Å². The highest BCUT2D eigenvalue weighted by molar-refractivity contribution is 5.61. The van der Waals surface area contributed by atoms with E-state index in [0.717, 1.165) is 34.9 Å². The van der Waals surface area contributed by atoms with E-state index in [-0.39, 0.29) is 0 Å². The van der Waals surface area contributed by atoms with Crippen LogP contribution in [-0.2, 0) is 6.42 Å². The van der Waals surface area contributed by atoms with Gasteiger partial charge in [-0.3, -0.25) is 0 Å². The molecule has 0 bridgehead atoms. The van der Waals surface area contributed by atoms with Crippen molar-refractivity contribution in [3.63, 3.8) is 0 Å². The molecule has 0 saturated carbocycles. The van der Waals surface area contributed by atoms with Crippen molar-refractivity contribution in [1.29, 1.82) is 0 Å². The normalized spacial score (nSPS) is 10.5. The molecule has 0 aliphatic rings. The second kappa shape index (κ2) is 6.27. The van der Waals surface area contributed by atoms with E-state index in [4.69, 9.17) is 4.74 Å². The summed E-state index contributed by atoms with van der Waals surface area (Å²) in [5, 5.41) is 0. The van der Waals surface area contributed by atoms with Crippen molar-refractivity contribution in [1.82, 2.24) is 9.97 Å². The first kappa shape index (κ1) is 13.4. The van der Waals surface area contributed by atoms with Gasteiger partial charge in [-0.1, -0.05) is 48.5 Å². The van der Waals surface area contributed by atoms with Gasteiger partial charge in [0.15, 0.2) is 0 Å². The highest BCUT2D eigenvalue weighted by atomic mass is 16.5. The molecule has 0 atom stereocenters. The summed E-state index contributed by atoms with van der Waals surface area (Å²) in [7, 11) is 0. The Kier molecular flexibility index (Phi) is 4.01. The molecule has 0 saturated heterocycles. The van der Waals surface area contributed by atoms with Crippen LogP contribution in [0.25, 0.3) is 11.3 Å². The van der Waals surface area contributed by atoms with E-state index >= 15 is 0 Å². The van der Waals surface area contributed by atoms with Gasteiger partial charge in [0.1, 0.15) is 11.6 Å². The van der Waals surface area contributed by atoms with Crippen LogP contribution in [-0.4, -0.2) is 16.6 Å². The number of benzene rings is 2. The lowest BCUT2D eigenvalue weighted by Gasteiger charge is -2.03. The molecule has 1 aromatic heterocycles. The molecule has 3 nitrogen and oxygen atoms in total. The molecule has 3 rings (SSSR count). The lowest BCUT2D eigenvalue weighted by molar-refractivity contribution is 0.319. The molecule has 0 fully saturated rings. The van der Waals surface area contributed by atoms with E-state index < -0.39 is 0 Å². The summed E-state index contributed by atoms with van der Waals surface area (Å²) < 4.78 is 5.70. The van der Waals surface area contributed by atoms with E-state index in [1.807, 2.05) is 48.5 Å². The van der Waals surface area contributed by atoms with Gasteiger partial charge in [0.2, 0.25) is 0 Å². The van der Waals surface area contributed by atoms with Gasteiger partial charge in [0.05, 0.1) is 12.3 Å². The third kappa shape index (κ3) is 3.31. The Morgan fingerprint density at radius 3 is 2.33 bits per heavy atom. The fourth-order valence-electron chi connectivity index (χ4n) is 2.30. The number of aromatic nitrogens is 2. The number of hydrogen-bond donors (Lipinski definition) is 1. The Balaban J connectivity index is 1.65. The fraction of sp³-hybridized carbons (Fsp3) is 0.167. The number of aryl methyl sites for hydroxylation is 1. The van der Waals surface area contributed by atoms with Crippen LogP contribution in [0.15, 0.2) is 60.7 Å². The van der Waals surface area contributed by atoms with Crippen LogP contribution in [0.1, 0.15) is 11.5 Å². The predicted octanol–water partition coefficient (Wildman–Crippen LogP) is 4.01. The molecule has 3 aromatic rings. The molecule has 21 heavy (non-hydrogen) atoms. The van der Waals surface area contributed by atoms with Crippen molar-refractivity contribution in [3.8, 4) is 17.0 Å². The van der Waals surface area contributed by atoms with Gasteiger partial charge in [-0.2, -0.15) is 0 Å². The quantitative estimate of drug-likeness (QED) is 0.765. The number of ether oxygens (including phenoxy) is 1. The van der Waals surface area contributed by atoms with Crippen LogP contribution < -0.4 is 4.74 Å². The van der Waals surface area contributed by atoms with Crippen molar-refractivity contribution in [2.45, 2.75) is 13.3 Å². The zero-order chi connectivity index (χ0) is 14.5. The number of rotatable bonds is 5. The Hall–Kier alpha value is -2.55. The largest absolute Gasteiger partial charge is 0.493 e. The monoisotopic (exact) mass is 278 g/mol. The number of para-hydroxylation sites is 1. The molecule has 0 radical (unpaired) electrons. The summed E-state index contributed by atoms with van der Waals surface area (Å²) in [6.07, 6.45) is 0.766. The van der Waals surface area contributed by atoms with E-state index in [2.05, 4.69) is 29.0 Å². The molecule has 0 spiro atoms. The maximum Gasteiger partial charge on any atom is 0.119 e. The first-order valence-electron chi connectivity index (χ1n) is 7.11. The van der Waals surface area contributed by atoms with Crippen molar-refractivity contribution in [2.75, 3.05) is 6.61 Å². The van der Waals surface area contributed by atoms with Crippen LogP contribution in [0.3, 0.4) is 0 Å². The number of imidazole rings is 1. The molecule has 2 aromatic carbocycles. The van der Waals surface area contributed by atoms with Crippen molar-refractivity contribution in [3.05, 3.63) is 72.2 Å². The third-order valence-electron chi connectivity index (χ3n) is 3.33. The number of hydrogen-bond acceptors (Lipinski definition) is 2. The minimum Gasteiger partial charge on any atom is -0.493 e. The minimum atomic E-state index is 0.616. The van der Waals surface area contributed by atoms with E-state index in [1.165, 1.54) is 0 Å². The van der Waals surface area contributed by atoms with Gasteiger partial charge in [-0.25, -0.2) is 4.98 Å². The Morgan fingerprint density at radius 2 is 1.62 bits per heavy atom. The van der Waals surface area contributed by atoms with Gasteiger partial charge in [0.25, 0.3) is 0 Å². The summed E-state index contributed by atoms with van der Waals surface area (Å²) in [4.78, 5) is 8.01. The standard InChI is InChI=1S/C18H18N2O/c1-14-18(15-8-4-2-5-9-15)20-17(19-14)12-13-21-16-10-6-3-7-11-16/h2-11H,12-13H2,1H3,(H,19,20). The fourth-order valence-corrected chi connectivity index (χ4v) is 2.30. The number of nitrogens with one attached hydrogen (secondary N) is 1. The van der Waals surface area contributed by atoms with Crippen LogP contribution in [0.4, 0.5) is 0 Å². The molecule has 0 aliphatic carbocycles. The zero-order valence-corrected chi connectivity index (χ0v) is 12.0. The average Bonchev–Trinajstić information content (AvgIpc) is 2.90. The highest BCUT2D eigenvalue weighted by Gasteiger charge is 2.08. The first-order valence-corrected chi connectivity index (χ1v) is 7.11. The molecule has 0 unspecified atom stereocenters.